The Bertz CT molecular complexity index is 338. The highest BCUT2D eigenvalue weighted by molar-refractivity contribution is 5.33. The molecule has 0 radical (unpaired) electrons. The number of nitriles is 1. The van der Waals surface area contributed by atoms with E-state index in [2.05, 4.69) is 19.9 Å². The van der Waals surface area contributed by atoms with Crippen LogP contribution in [0.5, 0.6) is 0 Å². The molecule has 0 aliphatic carbocycles. The van der Waals surface area contributed by atoms with Crippen molar-refractivity contribution in [2.24, 2.45) is 5.92 Å². The Labute approximate surface area is 84.8 Å². The summed E-state index contributed by atoms with van der Waals surface area (Å²) >= 11 is 0. The van der Waals surface area contributed by atoms with Crippen LogP contribution in [-0.4, -0.2) is 5.11 Å². The monoisotopic (exact) mass is 189 g/mol. The van der Waals surface area contributed by atoms with Crippen molar-refractivity contribution >= 4 is 0 Å². The zero-order chi connectivity index (χ0) is 10.6. The molecule has 1 rings (SSSR count). The van der Waals surface area contributed by atoms with E-state index < -0.39 is 6.10 Å². The average Bonchev–Trinajstić information content (AvgIpc) is 2.17. The molecule has 0 saturated heterocycles. The van der Waals surface area contributed by atoms with Crippen LogP contribution in [0.1, 0.15) is 37.5 Å². The predicted octanol–water partition coefficient (Wildman–Crippen LogP) is 2.64. The van der Waals surface area contributed by atoms with Gasteiger partial charge in [-0.2, -0.15) is 5.26 Å². The Hall–Kier alpha value is -1.33. The molecule has 0 saturated carbocycles. The molecule has 0 fully saturated rings. The van der Waals surface area contributed by atoms with Crippen LogP contribution in [0.2, 0.25) is 0 Å². The van der Waals surface area contributed by atoms with Crippen LogP contribution < -0.4 is 0 Å². The van der Waals surface area contributed by atoms with Crippen molar-refractivity contribution in [1.82, 2.24) is 0 Å². The highest BCUT2D eigenvalue weighted by Gasteiger charge is 2.09. The van der Waals surface area contributed by atoms with Gasteiger partial charge in [-0.3, -0.25) is 0 Å². The molecule has 0 amide bonds. The van der Waals surface area contributed by atoms with Gasteiger partial charge in [-0.15, -0.1) is 0 Å². The molecule has 0 bridgehead atoms. The number of rotatable bonds is 3. The SMILES string of the molecule is CC(C)CC(O)c1cccc(C#N)c1. The minimum atomic E-state index is -0.455. The van der Waals surface area contributed by atoms with Crippen molar-refractivity contribution in [1.29, 1.82) is 5.26 Å². The zero-order valence-corrected chi connectivity index (χ0v) is 8.57. The summed E-state index contributed by atoms with van der Waals surface area (Å²) in [5.41, 5.74) is 1.43. The first-order valence-corrected chi connectivity index (χ1v) is 4.81. The van der Waals surface area contributed by atoms with Crippen LogP contribution in [0, 0.1) is 17.2 Å². The van der Waals surface area contributed by atoms with E-state index in [4.69, 9.17) is 5.26 Å². The first-order chi connectivity index (χ1) is 6.63. The number of hydrogen-bond acceptors (Lipinski definition) is 2. The quantitative estimate of drug-likeness (QED) is 0.794. The van der Waals surface area contributed by atoms with E-state index in [1.165, 1.54) is 0 Å². The first-order valence-electron chi connectivity index (χ1n) is 4.81. The molecule has 2 nitrogen and oxygen atoms in total. The van der Waals surface area contributed by atoms with E-state index in [9.17, 15) is 5.11 Å². The smallest absolute Gasteiger partial charge is 0.0991 e. The van der Waals surface area contributed by atoms with Crippen molar-refractivity contribution in [3.05, 3.63) is 35.4 Å². The van der Waals surface area contributed by atoms with E-state index in [0.29, 0.717) is 11.5 Å². The van der Waals surface area contributed by atoms with Crippen LogP contribution in [0.15, 0.2) is 24.3 Å². The van der Waals surface area contributed by atoms with Gasteiger partial charge in [-0.1, -0.05) is 26.0 Å². The molecular weight excluding hydrogens is 174 g/mol. The molecule has 14 heavy (non-hydrogen) atoms. The van der Waals surface area contributed by atoms with Gasteiger partial charge in [0.25, 0.3) is 0 Å². The summed E-state index contributed by atoms with van der Waals surface area (Å²) in [5, 5.41) is 18.5. The lowest BCUT2D eigenvalue weighted by Crippen LogP contribution is -2.01. The first kappa shape index (κ1) is 10.7. The summed E-state index contributed by atoms with van der Waals surface area (Å²) in [7, 11) is 0. The molecule has 0 aromatic heterocycles. The molecule has 1 unspecified atom stereocenters. The molecule has 0 spiro atoms. The summed E-state index contributed by atoms with van der Waals surface area (Å²) in [6.45, 7) is 4.13. The third-order valence-corrected chi connectivity index (χ3v) is 2.10. The molecule has 1 atom stereocenters. The maximum absolute atomic E-state index is 9.80. The minimum Gasteiger partial charge on any atom is -0.388 e. The van der Waals surface area contributed by atoms with Gasteiger partial charge in [0, 0.05) is 0 Å². The van der Waals surface area contributed by atoms with Gasteiger partial charge in [0.1, 0.15) is 0 Å². The lowest BCUT2D eigenvalue weighted by molar-refractivity contribution is 0.151. The van der Waals surface area contributed by atoms with Gasteiger partial charge < -0.3 is 5.11 Å². The fourth-order valence-electron chi connectivity index (χ4n) is 1.40. The second kappa shape index (κ2) is 4.78. The van der Waals surface area contributed by atoms with Crippen molar-refractivity contribution < 1.29 is 5.11 Å². The summed E-state index contributed by atoms with van der Waals surface area (Å²) in [6, 6.07) is 9.21. The van der Waals surface area contributed by atoms with E-state index in [1.807, 2.05) is 6.07 Å². The Morgan fingerprint density at radius 1 is 1.43 bits per heavy atom. The Kier molecular flexibility index (Phi) is 3.67. The molecule has 0 heterocycles. The van der Waals surface area contributed by atoms with Crippen LogP contribution >= 0.6 is 0 Å². The van der Waals surface area contributed by atoms with Gasteiger partial charge in [-0.05, 0) is 30.0 Å². The Morgan fingerprint density at radius 2 is 2.14 bits per heavy atom. The standard InChI is InChI=1S/C12H15NO/c1-9(2)6-12(14)11-5-3-4-10(7-11)8-13/h3-5,7,9,12,14H,6H2,1-2H3. The van der Waals surface area contributed by atoms with Crippen molar-refractivity contribution in [3.63, 3.8) is 0 Å². The summed E-state index contributed by atoms with van der Waals surface area (Å²) < 4.78 is 0. The van der Waals surface area contributed by atoms with E-state index >= 15 is 0 Å². The Balaban J connectivity index is 2.80. The van der Waals surface area contributed by atoms with Gasteiger partial charge in [0.05, 0.1) is 17.7 Å². The number of hydrogen-bond donors (Lipinski definition) is 1. The lowest BCUT2D eigenvalue weighted by atomic mass is 9.98. The Morgan fingerprint density at radius 3 is 2.71 bits per heavy atom. The van der Waals surface area contributed by atoms with Gasteiger partial charge in [0.15, 0.2) is 0 Å². The van der Waals surface area contributed by atoms with Gasteiger partial charge >= 0.3 is 0 Å². The highest BCUT2D eigenvalue weighted by Crippen LogP contribution is 2.21. The van der Waals surface area contributed by atoms with Crippen molar-refractivity contribution in [2.45, 2.75) is 26.4 Å². The maximum atomic E-state index is 9.80. The van der Waals surface area contributed by atoms with E-state index in [0.717, 1.165) is 12.0 Å². The molecule has 0 aliphatic heterocycles. The van der Waals surface area contributed by atoms with Crippen LogP contribution in [0.4, 0.5) is 0 Å². The van der Waals surface area contributed by atoms with Crippen LogP contribution in [0.3, 0.4) is 0 Å². The van der Waals surface area contributed by atoms with Crippen LogP contribution in [-0.2, 0) is 0 Å². The predicted molar refractivity (Wildman–Crippen MR) is 55.6 cm³/mol. The normalized spacial score (nSPS) is 12.5. The summed E-state index contributed by atoms with van der Waals surface area (Å²) in [6.07, 6.45) is 0.276. The zero-order valence-electron chi connectivity index (χ0n) is 8.57. The van der Waals surface area contributed by atoms with Crippen molar-refractivity contribution in [3.8, 4) is 6.07 Å². The molecule has 74 valence electrons. The largest absolute Gasteiger partial charge is 0.388 e. The highest BCUT2D eigenvalue weighted by atomic mass is 16.3. The molecule has 1 aromatic rings. The van der Waals surface area contributed by atoms with E-state index in [-0.39, 0.29) is 0 Å². The topological polar surface area (TPSA) is 44.0 Å². The summed E-state index contributed by atoms with van der Waals surface area (Å²) in [5.74, 6) is 0.454. The number of benzene rings is 1. The third kappa shape index (κ3) is 2.86. The molecule has 2 heteroatoms. The second-order valence-corrected chi connectivity index (χ2v) is 3.88. The number of aliphatic hydroxyl groups excluding tert-OH is 1. The summed E-state index contributed by atoms with van der Waals surface area (Å²) in [4.78, 5) is 0. The average molecular weight is 189 g/mol. The fourth-order valence-corrected chi connectivity index (χ4v) is 1.40. The third-order valence-electron chi connectivity index (χ3n) is 2.10. The number of aliphatic hydroxyl groups is 1. The molecule has 1 aromatic carbocycles. The molecule has 0 aliphatic rings. The molecular formula is C12H15NO. The van der Waals surface area contributed by atoms with Gasteiger partial charge in [0.2, 0.25) is 0 Å². The number of nitrogens with zero attached hydrogens (tertiary/aromatic N) is 1. The second-order valence-electron chi connectivity index (χ2n) is 3.88. The van der Waals surface area contributed by atoms with Gasteiger partial charge in [-0.25, -0.2) is 0 Å². The lowest BCUT2D eigenvalue weighted by Gasteiger charge is -2.13. The maximum Gasteiger partial charge on any atom is 0.0991 e. The van der Waals surface area contributed by atoms with E-state index in [1.54, 1.807) is 18.2 Å². The van der Waals surface area contributed by atoms with Crippen LogP contribution in [0.25, 0.3) is 0 Å². The minimum absolute atomic E-state index is 0.454. The van der Waals surface area contributed by atoms with Crippen molar-refractivity contribution in [2.75, 3.05) is 0 Å². The fraction of sp³-hybridized carbons (Fsp3) is 0.417. The molecule has 1 N–H and O–H groups in total.